The van der Waals surface area contributed by atoms with Gasteiger partial charge in [0.2, 0.25) is 0 Å². The van der Waals surface area contributed by atoms with E-state index in [-0.39, 0.29) is 36.9 Å². The summed E-state index contributed by atoms with van der Waals surface area (Å²) in [5.41, 5.74) is 2.37. The average Bonchev–Trinajstić information content (AvgIpc) is 3.26. The standard InChI is InChI=1S/C17H21N3O3/c1-4-7-18-11(2)8-14(12(18)3)15(21)9-20-16(22)10-19(17(20)23)13-5-6-13/h4,8,13H,1,5-7,9-10H2,2-3H3. The highest BCUT2D eigenvalue weighted by molar-refractivity contribution is 6.08. The van der Waals surface area contributed by atoms with Gasteiger partial charge in [0.05, 0.1) is 6.54 Å². The number of urea groups is 1. The summed E-state index contributed by atoms with van der Waals surface area (Å²) in [6.45, 7) is 8.06. The molecule has 0 atom stereocenters. The molecule has 1 aromatic heterocycles. The van der Waals surface area contributed by atoms with Crippen LogP contribution in [0.15, 0.2) is 18.7 Å². The number of aryl methyl sites for hydroxylation is 1. The van der Waals surface area contributed by atoms with Crippen molar-refractivity contribution in [3.8, 4) is 0 Å². The van der Waals surface area contributed by atoms with Crippen LogP contribution in [-0.2, 0) is 11.3 Å². The molecule has 0 bridgehead atoms. The van der Waals surface area contributed by atoms with E-state index in [4.69, 9.17) is 0 Å². The Morgan fingerprint density at radius 3 is 2.65 bits per heavy atom. The number of allylic oxidation sites excluding steroid dienone is 1. The van der Waals surface area contributed by atoms with Crippen LogP contribution in [0.2, 0.25) is 0 Å². The summed E-state index contributed by atoms with van der Waals surface area (Å²) in [7, 11) is 0. The number of Topliss-reactive ketones (excluding diaryl/α,β-unsaturated/α-hetero) is 1. The van der Waals surface area contributed by atoms with E-state index in [0.717, 1.165) is 29.1 Å². The highest BCUT2D eigenvalue weighted by Gasteiger charge is 2.44. The third-order valence-electron chi connectivity index (χ3n) is 4.56. The first-order valence-electron chi connectivity index (χ1n) is 7.85. The Bertz CT molecular complexity index is 700. The minimum Gasteiger partial charge on any atom is -0.345 e. The van der Waals surface area contributed by atoms with Crippen LogP contribution >= 0.6 is 0 Å². The summed E-state index contributed by atoms with van der Waals surface area (Å²) in [6, 6.07) is 1.67. The van der Waals surface area contributed by atoms with Crippen molar-refractivity contribution in [1.29, 1.82) is 0 Å². The molecule has 2 aliphatic rings. The molecule has 6 nitrogen and oxygen atoms in total. The molecule has 1 aliphatic carbocycles. The van der Waals surface area contributed by atoms with Crippen molar-refractivity contribution < 1.29 is 14.4 Å². The molecular formula is C17H21N3O3. The molecule has 1 saturated carbocycles. The van der Waals surface area contributed by atoms with E-state index in [9.17, 15) is 14.4 Å². The van der Waals surface area contributed by atoms with Gasteiger partial charge in [-0.3, -0.25) is 14.5 Å². The third-order valence-corrected chi connectivity index (χ3v) is 4.56. The quantitative estimate of drug-likeness (QED) is 0.457. The Morgan fingerprint density at radius 2 is 2.04 bits per heavy atom. The average molecular weight is 315 g/mol. The zero-order valence-electron chi connectivity index (χ0n) is 13.5. The first-order chi connectivity index (χ1) is 10.9. The maximum Gasteiger partial charge on any atom is 0.327 e. The van der Waals surface area contributed by atoms with Crippen LogP contribution in [0.25, 0.3) is 0 Å². The van der Waals surface area contributed by atoms with Crippen molar-refractivity contribution in [3.63, 3.8) is 0 Å². The first-order valence-corrected chi connectivity index (χ1v) is 7.85. The number of hydrogen-bond donors (Lipinski definition) is 0. The van der Waals surface area contributed by atoms with Gasteiger partial charge in [0, 0.05) is 29.5 Å². The van der Waals surface area contributed by atoms with Gasteiger partial charge < -0.3 is 9.47 Å². The number of ketones is 1. The van der Waals surface area contributed by atoms with Crippen LogP contribution in [0.1, 0.15) is 34.6 Å². The van der Waals surface area contributed by atoms with E-state index < -0.39 is 0 Å². The van der Waals surface area contributed by atoms with Crippen molar-refractivity contribution in [2.45, 2.75) is 39.3 Å². The van der Waals surface area contributed by atoms with Gasteiger partial charge in [-0.05, 0) is 32.8 Å². The van der Waals surface area contributed by atoms with Gasteiger partial charge in [0.25, 0.3) is 5.91 Å². The Labute approximate surface area is 135 Å². The van der Waals surface area contributed by atoms with Gasteiger partial charge in [-0.25, -0.2) is 4.79 Å². The molecule has 2 fully saturated rings. The van der Waals surface area contributed by atoms with E-state index in [0.29, 0.717) is 12.1 Å². The SMILES string of the molecule is C=CCn1c(C)cc(C(=O)CN2C(=O)CN(C3CC3)C2=O)c1C. The number of rotatable bonds is 6. The lowest BCUT2D eigenvalue weighted by Gasteiger charge is -2.16. The summed E-state index contributed by atoms with van der Waals surface area (Å²) in [6.07, 6.45) is 3.67. The minimum absolute atomic E-state index is 0.103. The van der Waals surface area contributed by atoms with E-state index in [1.54, 1.807) is 11.0 Å². The Kier molecular flexibility index (Phi) is 3.83. The van der Waals surface area contributed by atoms with Crippen LogP contribution in [-0.4, -0.2) is 51.2 Å². The third kappa shape index (κ3) is 2.69. The molecule has 1 saturated heterocycles. The monoisotopic (exact) mass is 315 g/mol. The summed E-state index contributed by atoms with van der Waals surface area (Å²) in [5, 5.41) is 0. The molecule has 6 heteroatoms. The van der Waals surface area contributed by atoms with Crippen LogP contribution in [0, 0.1) is 13.8 Å². The molecule has 0 radical (unpaired) electrons. The molecule has 3 amide bonds. The fraction of sp³-hybridized carbons (Fsp3) is 0.471. The molecule has 23 heavy (non-hydrogen) atoms. The van der Waals surface area contributed by atoms with Crippen LogP contribution in [0.5, 0.6) is 0 Å². The van der Waals surface area contributed by atoms with E-state index in [1.807, 2.05) is 24.5 Å². The fourth-order valence-electron chi connectivity index (χ4n) is 3.11. The fourth-order valence-corrected chi connectivity index (χ4v) is 3.11. The molecule has 0 unspecified atom stereocenters. The van der Waals surface area contributed by atoms with Gasteiger partial charge in [-0.2, -0.15) is 0 Å². The zero-order valence-corrected chi connectivity index (χ0v) is 13.5. The van der Waals surface area contributed by atoms with Crippen molar-refractivity contribution in [2.75, 3.05) is 13.1 Å². The number of aromatic nitrogens is 1. The summed E-state index contributed by atoms with van der Waals surface area (Å²) >= 11 is 0. The lowest BCUT2D eigenvalue weighted by atomic mass is 10.1. The normalized spacial score (nSPS) is 18.0. The molecule has 0 N–H and O–H groups in total. The lowest BCUT2D eigenvalue weighted by Crippen LogP contribution is -2.37. The number of hydrogen-bond acceptors (Lipinski definition) is 3. The number of imide groups is 1. The number of nitrogens with zero attached hydrogens (tertiary/aromatic N) is 3. The highest BCUT2D eigenvalue weighted by Crippen LogP contribution is 2.30. The van der Waals surface area contributed by atoms with Gasteiger partial charge in [-0.1, -0.05) is 6.08 Å². The van der Waals surface area contributed by atoms with E-state index >= 15 is 0 Å². The second kappa shape index (κ2) is 5.68. The maximum atomic E-state index is 12.6. The second-order valence-electron chi connectivity index (χ2n) is 6.23. The molecule has 1 aromatic rings. The molecule has 2 heterocycles. The first kappa shape index (κ1) is 15.5. The Morgan fingerprint density at radius 1 is 1.35 bits per heavy atom. The summed E-state index contributed by atoms with van der Waals surface area (Å²) in [4.78, 5) is 39.6. The zero-order chi connectivity index (χ0) is 16.7. The molecule has 122 valence electrons. The van der Waals surface area contributed by atoms with Crippen molar-refractivity contribution in [2.24, 2.45) is 0 Å². The number of carbonyl (C=O) groups excluding carboxylic acids is 3. The highest BCUT2D eigenvalue weighted by atomic mass is 16.2. The number of amides is 3. The molecule has 0 spiro atoms. The second-order valence-corrected chi connectivity index (χ2v) is 6.23. The molecule has 0 aromatic carbocycles. The van der Waals surface area contributed by atoms with Crippen LogP contribution in [0.3, 0.4) is 0 Å². The molecule has 1 aliphatic heterocycles. The van der Waals surface area contributed by atoms with Crippen LogP contribution < -0.4 is 0 Å². The predicted molar refractivity (Wildman–Crippen MR) is 85.3 cm³/mol. The maximum absolute atomic E-state index is 12.6. The Balaban J connectivity index is 1.77. The molecule has 3 rings (SSSR count). The van der Waals surface area contributed by atoms with Gasteiger partial charge >= 0.3 is 6.03 Å². The molecular weight excluding hydrogens is 294 g/mol. The number of carbonyl (C=O) groups is 3. The summed E-state index contributed by atoms with van der Waals surface area (Å²) < 4.78 is 1.99. The van der Waals surface area contributed by atoms with E-state index in [1.165, 1.54) is 0 Å². The van der Waals surface area contributed by atoms with Crippen LogP contribution in [0.4, 0.5) is 4.79 Å². The largest absolute Gasteiger partial charge is 0.345 e. The van der Waals surface area contributed by atoms with Gasteiger partial charge in [-0.15, -0.1) is 6.58 Å². The topological polar surface area (TPSA) is 62.6 Å². The summed E-state index contributed by atoms with van der Waals surface area (Å²) in [5.74, 6) is -0.483. The minimum atomic E-state index is -0.328. The predicted octanol–water partition coefficient (Wildman–Crippen LogP) is 1.90. The van der Waals surface area contributed by atoms with Gasteiger partial charge in [0.1, 0.15) is 6.54 Å². The Hall–Kier alpha value is -2.37. The van der Waals surface area contributed by atoms with Crippen molar-refractivity contribution in [3.05, 3.63) is 35.7 Å². The van der Waals surface area contributed by atoms with Crippen molar-refractivity contribution >= 4 is 17.7 Å². The van der Waals surface area contributed by atoms with Gasteiger partial charge in [0.15, 0.2) is 5.78 Å². The lowest BCUT2D eigenvalue weighted by molar-refractivity contribution is -0.125. The van der Waals surface area contributed by atoms with E-state index in [2.05, 4.69) is 6.58 Å². The smallest absolute Gasteiger partial charge is 0.327 e. The van der Waals surface area contributed by atoms with Crippen molar-refractivity contribution in [1.82, 2.24) is 14.4 Å².